The number of carbonyl (C=O) groups is 1. The number of nitrogens with zero attached hydrogens (tertiary/aromatic N) is 3. The van der Waals surface area contributed by atoms with E-state index in [9.17, 15) is 4.79 Å². The van der Waals surface area contributed by atoms with Crippen LogP contribution in [0.3, 0.4) is 0 Å². The summed E-state index contributed by atoms with van der Waals surface area (Å²) in [5.74, 6) is 1.04. The molecule has 1 atom stereocenters. The van der Waals surface area contributed by atoms with E-state index in [-0.39, 0.29) is 17.6 Å². The van der Waals surface area contributed by atoms with Gasteiger partial charge in [-0.2, -0.15) is 0 Å². The van der Waals surface area contributed by atoms with Crippen molar-refractivity contribution >= 4 is 22.8 Å². The van der Waals surface area contributed by atoms with E-state index in [2.05, 4.69) is 36.0 Å². The molecule has 27 heavy (non-hydrogen) atoms. The van der Waals surface area contributed by atoms with Gasteiger partial charge in [-0.05, 0) is 57.6 Å². The largest absolute Gasteiger partial charge is 0.444 e. The monoisotopic (exact) mass is 370 g/mol. The third kappa shape index (κ3) is 3.37. The highest BCUT2D eigenvalue weighted by Crippen LogP contribution is 2.51. The van der Waals surface area contributed by atoms with Crippen LogP contribution in [0.4, 0.5) is 10.6 Å². The Bertz CT molecular complexity index is 863. The van der Waals surface area contributed by atoms with Crippen LogP contribution in [0.15, 0.2) is 18.5 Å². The molecule has 4 rings (SSSR count). The van der Waals surface area contributed by atoms with Crippen molar-refractivity contribution < 1.29 is 9.53 Å². The van der Waals surface area contributed by atoms with Gasteiger partial charge in [-0.25, -0.2) is 9.78 Å². The number of piperazine rings is 1. The second-order valence-electron chi connectivity index (χ2n) is 9.29. The zero-order chi connectivity index (χ0) is 19.4. The van der Waals surface area contributed by atoms with Gasteiger partial charge < -0.3 is 19.5 Å². The van der Waals surface area contributed by atoms with Crippen molar-refractivity contribution in [3.63, 3.8) is 0 Å². The summed E-state index contributed by atoms with van der Waals surface area (Å²) in [5.41, 5.74) is 2.33. The van der Waals surface area contributed by atoms with Crippen LogP contribution in [-0.2, 0) is 10.2 Å². The minimum atomic E-state index is -0.468. The Morgan fingerprint density at radius 2 is 2.07 bits per heavy atom. The SMILES string of the molecule is C[C@H]1CN(C(=O)OC(C)(C)C)CCN1c1nccc2[nH]cc(C3(C)CC3)c12. The number of fused-ring (bicyclic) bond motifs is 1. The van der Waals surface area contributed by atoms with Crippen molar-refractivity contribution in [2.75, 3.05) is 24.5 Å². The molecule has 1 saturated heterocycles. The van der Waals surface area contributed by atoms with Gasteiger partial charge >= 0.3 is 6.09 Å². The van der Waals surface area contributed by atoms with E-state index >= 15 is 0 Å². The standard InChI is InChI=1S/C21H30N4O2/c1-14-13-24(19(26)27-20(2,3)4)10-11-25(14)18-17-15(21(5)7-8-21)12-23-16(17)6-9-22-18/h6,9,12,14,23H,7-8,10-11,13H2,1-5H3/t14-/m0/s1. The molecule has 6 heteroatoms. The number of amides is 1. The number of nitrogens with one attached hydrogen (secondary N) is 1. The molecule has 1 N–H and O–H groups in total. The molecular weight excluding hydrogens is 340 g/mol. The lowest BCUT2D eigenvalue weighted by molar-refractivity contribution is 0.0218. The molecule has 0 radical (unpaired) electrons. The van der Waals surface area contributed by atoms with Gasteiger partial charge in [0.2, 0.25) is 0 Å². The second-order valence-corrected chi connectivity index (χ2v) is 9.29. The highest BCUT2D eigenvalue weighted by atomic mass is 16.6. The first-order valence-corrected chi connectivity index (χ1v) is 9.89. The summed E-state index contributed by atoms with van der Waals surface area (Å²) >= 11 is 0. The Morgan fingerprint density at radius 3 is 2.70 bits per heavy atom. The van der Waals surface area contributed by atoms with Gasteiger partial charge in [0.05, 0.1) is 5.52 Å². The van der Waals surface area contributed by atoms with Crippen LogP contribution >= 0.6 is 0 Å². The Balaban J connectivity index is 1.59. The molecular formula is C21H30N4O2. The number of carbonyl (C=O) groups excluding carboxylic acids is 1. The highest BCUT2D eigenvalue weighted by molar-refractivity contribution is 5.94. The fraction of sp³-hybridized carbons (Fsp3) is 0.619. The Kier molecular flexibility index (Phi) is 4.13. The summed E-state index contributed by atoms with van der Waals surface area (Å²) in [6, 6.07) is 2.23. The topological polar surface area (TPSA) is 61.5 Å². The van der Waals surface area contributed by atoms with Crippen molar-refractivity contribution in [2.24, 2.45) is 0 Å². The summed E-state index contributed by atoms with van der Waals surface area (Å²) < 4.78 is 5.54. The fourth-order valence-corrected chi connectivity index (χ4v) is 3.97. The van der Waals surface area contributed by atoms with Crippen molar-refractivity contribution in [1.29, 1.82) is 0 Å². The van der Waals surface area contributed by atoms with Crippen molar-refractivity contribution in [3.05, 3.63) is 24.0 Å². The Hall–Kier alpha value is -2.24. The summed E-state index contributed by atoms with van der Waals surface area (Å²) in [6.07, 6.45) is 6.27. The first kappa shape index (κ1) is 18.1. The summed E-state index contributed by atoms with van der Waals surface area (Å²) in [7, 11) is 0. The highest BCUT2D eigenvalue weighted by Gasteiger charge is 2.42. The molecule has 0 unspecified atom stereocenters. The maximum Gasteiger partial charge on any atom is 0.410 e. The summed E-state index contributed by atoms with van der Waals surface area (Å²) in [4.78, 5) is 24.8. The lowest BCUT2D eigenvalue weighted by atomic mass is 9.97. The Morgan fingerprint density at radius 1 is 1.33 bits per heavy atom. The number of aromatic nitrogens is 2. The van der Waals surface area contributed by atoms with E-state index in [4.69, 9.17) is 9.72 Å². The van der Waals surface area contributed by atoms with E-state index in [1.54, 1.807) is 0 Å². The molecule has 2 aromatic rings. The molecule has 2 aliphatic rings. The smallest absolute Gasteiger partial charge is 0.410 e. The van der Waals surface area contributed by atoms with E-state index < -0.39 is 5.60 Å². The number of H-pyrrole nitrogens is 1. The molecule has 1 saturated carbocycles. The number of aromatic amines is 1. The van der Waals surface area contributed by atoms with Gasteiger partial charge in [0.25, 0.3) is 0 Å². The summed E-state index contributed by atoms with van der Waals surface area (Å²) in [6.45, 7) is 12.2. The van der Waals surface area contributed by atoms with Gasteiger partial charge in [0, 0.05) is 43.5 Å². The van der Waals surface area contributed by atoms with Crippen LogP contribution in [0.5, 0.6) is 0 Å². The number of anilines is 1. The van der Waals surface area contributed by atoms with Gasteiger partial charge in [0.1, 0.15) is 11.4 Å². The van der Waals surface area contributed by atoms with Crippen molar-refractivity contribution in [3.8, 4) is 0 Å². The fourth-order valence-electron chi connectivity index (χ4n) is 3.97. The normalized spacial score (nSPS) is 22.2. The number of hydrogen-bond donors (Lipinski definition) is 1. The quantitative estimate of drug-likeness (QED) is 0.866. The van der Waals surface area contributed by atoms with Crippen LogP contribution in [-0.4, -0.2) is 52.2 Å². The minimum Gasteiger partial charge on any atom is -0.444 e. The van der Waals surface area contributed by atoms with Gasteiger partial charge in [0.15, 0.2) is 0 Å². The molecule has 0 bridgehead atoms. The van der Waals surface area contributed by atoms with Crippen LogP contribution in [0.2, 0.25) is 0 Å². The molecule has 2 aromatic heterocycles. The molecule has 3 heterocycles. The predicted octanol–water partition coefficient (Wildman–Crippen LogP) is 4.06. The van der Waals surface area contributed by atoms with E-state index in [0.29, 0.717) is 13.1 Å². The summed E-state index contributed by atoms with van der Waals surface area (Å²) in [5, 5.41) is 1.25. The molecule has 1 aliphatic carbocycles. The molecule has 1 amide bonds. The average Bonchev–Trinajstić information content (AvgIpc) is 3.17. The maximum absolute atomic E-state index is 12.4. The third-order valence-electron chi connectivity index (χ3n) is 5.77. The lowest BCUT2D eigenvalue weighted by Gasteiger charge is -2.41. The van der Waals surface area contributed by atoms with Gasteiger partial charge in [-0.15, -0.1) is 0 Å². The molecule has 146 valence electrons. The third-order valence-corrected chi connectivity index (χ3v) is 5.77. The van der Waals surface area contributed by atoms with Crippen LogP contribution in [0, 0.1) is 0 Å². The number of ether oxygens (including phenoxy) is 1. The van der Waals surface area contributed by atoms with E-state index in [1.807, 2.05) is 31.9 Å². The molecule has 0 spiro atoms. The second kappa shape index (κ2) is 6.14. The van der Waals surface area contributed by atoms with Crippen LogP contribution in [0.25, 0.3) is 10.9 Å². The number of rotatable bonds is 2. The van der Waals surface area contributed by atoms with Crippen LogP contribution < -0.4 is 4.90 Å². The zero-order valence-electron chi connectivity index (χ0n) is 17.0. The van der Waals surface area contributed by atoms with Crippen molar-refractivity contribution in [1.82, 2.24) is 14.9 Å². The molecule has 1 aliphatic heterocycles. The molecule has 2 fully saturated rings. The van der Waals surface area contributed by atoms with E-state index in [1.165, 1.54) is 23.8 Å². The first-order valence-electron chi connectivity index (χ1n) is 9.89. The molecule has 0 aromatic carbocycles. The van der Waals surface area contributed by atoms with Crippen molar-refractivity contribution in [2.45, 2.75) is 64.5 Å². The maximum atomic E-state index is 12.4. The number of pyridine rings is 1. The minimum absolute atomic E-state index is 0.180. The zero-order valence-corrected chi connectivity index (χ0v) is 17.0. The van der Waals surface area contributed by atoms with E-state index in [0.717, 1.165) is 17.9 Å². The Labute approximate surface area is 160 Å². The lowest BCUT2D eigenvalue weighted by Crippen LogP contribution is -2.54. The number of hydrogen-bond acceptors (Lipinski definition) is 4. The van der Waals surface area contributed by atoms with Crippen LogP contribution in [0.1, 0.15) is 53.0 Å². The molecule has 6 nitrogen and oxygen atoms in total. The average molecular weight is 370 g/mol. The van der Waals surface area contributed by atoms with Gasteiger partial charge in [-0.1, -0.05) is 6.92 Å². The van der Waals surface area contributed by atoms with Gasteiger partial charge in [-0.3, -0.25) is 0 Å². The first-order chi connectivity index (χ1) is 12.7. The predicted molar refractivity (Wildman–Crippen MR) is 107 cm³/mol.